The van der Waals surface area contributed by atoms with Gasteiger partial charge in [0, 0.05) is 13.6 Å². The number of fused-ring (bicyclic) bond motifs is 1. The van der Waals surface area contributed by atoms with Gasteiger partial charge in [0.05, 0.1) is 6.33 Å². The van der Waals surface area contributed by atoms with E-state index in [0.29, 0.717) is 17.4 Å². The summed E-state index contributed by atoms with van der Waals surface area (Å²) < 4.78 is 0. The second kappa shape index (κ2) is 4.95. The Bertz CT molecular complexity index is 638. The van der Waals surface area contributed by atoms with Gasteiger partial charge in [-0.3, -0.25) is 4.79 Å². The van der Waals surface area contributed by atoms with Crippen molar-refractivity contribution in [3.05, 3.63) is 6.33 Å². The number of aromatic nitrogens is 4. The molecule has 1 aliphatic rings. The molecule has 1 fully saturated rings. The summed E-state index contributed by atoms with van der Waals surface area (Å²) >= 11 is 0. The Morgan fingerprint density at radius 1 is 1.50 bits per heavy atom. The second-order valence-corrected chi connectivity index (χ2v) is 4.83. The highest BCUT2D eigenvalue weighted by atomic mass is 16.1. The third-order valence-corrected chi connectivity index (χ3v) is 3.59. The summed E-state index contributed by atoms with van der Waals surface area (Å²) in [4.78, 5) is 29.6. The van der Waals surface area contributed by atoms with Crippen molar-refractivity contribution in [2.24, 2.45) is 5.73 Å². The minimum Gasteiger partial charge on any atom is -0.368 e. The van der Waals surface area contributed by atoms with Crippen LogP contribution in [0.15, 0.2) is 6.33 Å². The van der Waals surface area contributed by atoms with Crippen molar-refractivity contribution in [1.29, 1.82) is 0 Å². The highest BCUT2D eigenvalue weighted by Crippen LogP contribution is 2.28. The van der Waals surface area contributed by atoms with Crippen LogP contribution in [0.2, 0.25) is 0 Å². The van der Waals surface area contributed by atoms with Gasteiger partial charge in [-0.25, -0.2) is 4.98 Å². The minimum absolute atomic E-state index is 0.318. The largest absolute Gasteiger partial charge is 0.368 e. The summed E-state index contributed by atoms with van der Waals surface area (Å²) in [6, 6.07) is -0.324. The molecule has 2 aromatic rings. The number of anilines is 2. The quantitative estimate of drug-likeness (QED) is 0.739. The zero-order valence-electron chi connectivity index (χ0n) is 11.3. The Hall–Kier alpha value is -2.38. The van der Waals surface area contributed by atoms with Crippen LogP contribution < -0.4 is 16.0 Å². The summed E-state index contributed by atoms with van der Waals surface area (Å²) in [5.41, 5.74) is 6.83. The summed E-state index contributed by atoms with van der Waals surface area (Å²) in [6.07, 6.45) is 4.34. The molecule has 2 aromatic heterocycles. The van der Waals surface area contributed by atoms with Gasteiger partial charge in [0.25, 0.3) is 0 Å². The predicted octanol–water partition coefficient (Wildman–Crippen LogP) is 0.239. The van der Waals surface area contributed by atoms with Crippen molar-refractivity contribution < 1.29 is 4.79 Å². The number of amides is 1. The van der Waals surface area contributed by atoms with Crippen molar-refractivity contribution in [2.45, 2.75) is 25.3 Å². The Morgan fingerprint density at radius 2 is 2.35 bits per heavy atom. The highest BCUT2D eigenvalue weighted by molar-refractivity contribution is 5.89. The van der Waals surface area contributed by atoms with Gasteiger partial charge in [-0.15, -0.1) is 0 Å². The molecule has 0 aromatic carbocycles. The van der Waals surface area contributed by atoms with Gasteiger partial charge in [0.1, 0.15) is 11.6 Å². The monoisotopic (exact) mass is 275 g/mol. The molecule has 0 aliphatic carbocycles. The number of primary amides is 1. The molecule has 0 bridgehead atoms. The fourth-order valence-corrected chi connectivity index (χ4v) is 2.62. The van der Waals surface area contributed by atoms with E-state index in [2.05, 4.69) is 25.3 Å². The first-order chi connectivity index (χ1) is 9.70. The zero-order chi connectivity index (χ0) is 14.1. The Morgan fingerprint density at radius 3 is 3.10 bits per heavy atom. The van der Waals surface area contributed by atoms with Crippen LogP contribution in [-0.2, 0) is 4.79 Å². The number of piperidine rings is 1. The maximum absolute atomic E-state index is 11.7. The van der Waals surface area contributed by atoms with E-state index in [4.69, 9.17) is 5.73 Å². The topological polar surface area (TPSA) is 113 Å². The van der Waals surface area contributed by atoms with Crippen LogP contribution in [0.25, 0.3) is 11.2 Å². The van der Waals surface area contributed by atoms with Gasteiger partial charge in [0.15, 0.2) is 11.5 Å². The third-order valence-electron chi connectivity index (χ3n) is 3.59. The van der Waals surface area contributed by atoms with Crippen LogP contribution in [0.1, 0.15) is 19.3 Å². The molecule has 1 atom stereocenters. The van der Waals surface area contributed by atoms with Gasteiger partial charge < -0.3 is 20.9 Å². The lowest BCUT2D eigenvalue weighted by Crippen LogP contribution is -2.48. The van der Waals surface area contributed by atoms with Gasteiger partial charge in [-0.1, -0.05) is 0 Å². The van der Waals surface area contributed by atoms with Gasteiger partial charge in [-0.05, 0) is 19.3 Å². The van der Waals surface area contributed by atoms with E-state index < -0.39 is 0 Å². The number of imidazole rings is 1. The first kappa shape index (κ1) is 12.6. The molecular weight excluding hydrogens is 258 g/mol. The lowest BCUT2D eigenvalue weighted by molar-refractivity contribution is -0.119. The maximum Gasteiger partial charge on any atom is 0.240 e. The van der Waals surface area contributed by atoms with Crippen LogP contribution in [0.3, 0.4) is 0 Å². The van der Waals surface area contributed by atoms with E-state index in [1.165, 1.54) is 0 Å². The van der Waals surface area contributed by atoms with Crippen LogP contribution in [0.4, 0.5) is 11.8 Å². The number of nitrogens with two attached hydrogens (primary N) is 1. The first-order valence-electron chi connectivity index (χ1n) is 6.65. The number of carbonyl (C=O) groups is 1. The molecule has 4 N–H and O–H groups in total. The molecule has 8 heteroatoms. The van der Waals surface area contributed by atoms with E-state index in [1.807, 2.05) is 4.90 Å². The molecule has 0 saturated carbocycles. The van der Waals surface area contributed by atoms with E-state index in [1.54, 1.807) is 13.4 Å². The van der Waals surface area contributed by atoms with Crippen molar-refractivity contribution in [1.82, 2.24) is 19.9 Å². The highest BCUT2D eigenvalue weighted by Gasteiger charge is 2.30. The molecule has 0 spiro atoms. The Labute approximate surface area is 115 Å². The molecule has 3 rings (SSSR count). The van der Waals surface area contributed by atoms with Crippen LogP contribution >= 0.6 is 0 Å². The number of hydrogen-bond donors (Lipinski definition) is 3. The number of H-pyrrole nitrogens is 1. The SMILES string of the molecule is CNc1nc(N2CCCCC2C(N)=O)c2[nH]cnc2n1. The predicted molar refractivity (Wildman–Crippen MR) is 75.4 cm³/mol. The maximum atomic E-state index is 11.7. The van der Waals surface area contributed by atoms with Gasteiger partial charge >= 0.3 is 0 Å². The van der Waals surface area contributed by atoms with E-state index in [9.17, 15) is 4.79 Å². The van der Waals surface area contributed by atoms with Crippen LogP contribution in [0.5, 0.6) is 0 Å². The zero-order valence-corrected chi connectivity index (χ0v) is 11.3. The molecule has 1 amide bonds. The molecule has 20 heavy (non-hydrogen) atoms. The Balaban J connectivity index is 2.11. The first-order valence-corrected chi connectivity index (χ1v) is 6.65. The molecule has 106 valence electrons. The molecule has 1 aliphatic heterocycles. The lowest BCUT2D eigenvalue weighted by atomic mass is 10.0. The smallest absolute Gasteiger partial charge is 0.240 e. The average molecular weight is 275 g/mol. The Kier molecular flexibility index (Phi) is 3.13. The number of aromatic amines is 1. The molecule has 8 nitrogen and oxygen atoms in total. The fourth-order valence-electron chi connectivity index (χ4n) is 2.62. The second-order valence-electron chi connectivity index (χ2n) is 4.83. The van der Waals surface area contributed by atoms with Crippen LogP contribution in [-0.4, -0.2) is 45.5 Å². The molecule has 0 radical (unpaired) electrons. The van der Waals surface area contributed by atoms with Gasteiger partial charge in [0.2, 0.25) is 11.9 Å². The molecular formula is C12H17N7O. The van der Waals surface area contributed by atoms with Gasteiger partial charge in [-0.2, -0.15) is 9.97 Å². The third kappa shape index (κ3) is 2.02. The standard InChI is InChI=1S/C12H17N7O/c1-14-12-17-10-8(15-6-16-10)11(18-12)19-5-3-2-4-7(19)9(13)20/h6-7H,2-5H2,1H3,(H2,13,20)(H2,14,15,16,17,18). The normalized spacial score (nSPS) is 19.2. The lowest BCUT2D eigenvalue weighted by Gasteiger charge is -2.34. The average Bonchev–Trinajstić information content (AvgIpc) is 2.94. The summed E-state index contributed by atoms with van der Waals surface area (Å²) in [5, 5.41) is 2.91. The number of nitrogens with one attached hydrogen (secondary N) is 2. The van der Waals surface area contributed by atoms with E-state index in [0.717, 1.165) is 31.3 Å². The van der Waals surface area contributed by atoms with Crippen molar-refractivity contribution >= 4 is 28.8 Å². The molecule has 1 unspecified atom stereocenters. The van der Waals surface area contributed by atoms with Crippen molar-refractivity contribution in [2.75, 3.05) is 23.8 Å². The summed E-state index contributed by atoms with van der Waals surface area (Å²) in [5.74, 6) is 0.843. The summed E-state index contributed by atoms with van der Waals surface area (Å²) in [6.45, 7) is 0.752. The minimum atomic E-state index is -0.324. The number of rotatable bonds is 3. The van der Waals surface area contributed by atoms with Crippen molar-refractivity contribution in [3.63, 3.8) is 0 Å². The number of hydrogen-bond acceptors (Lipinski definition) is 6. The number of carbonyl (C=O) groups excluding carboxylic acids is 1. The fraction of sp³-hybridized carbons (Fsp3) is 0.500. The van der Waals surface area contributed by atoms with E-state index in [-0.39, 0.29) is 11.9 Å². The number of nitrogens with zero attached hydrogens (tertiary/aromatic N) is 4. The molecule has 1 saturated heterocycles. The summed E-state index contributed by atoms with van der Waals surface area (Å²) in [7, 11) is 1.75. The van der Waals surface area contributed by atoms with Crippen molar-refractivity contribution in [3.8, 4) is 0 Å². The van der Waals surface area contributed by atoms with Crippen LogP contribution in [0, 0.1) is 0 Å². The molecule has 3 heterocycles. The van der Waals surface area contributed by atoms with E-state index >= 15 is 0 Å².